The summed E-state index contributed by atoms with van der Waals surface area (Å²) in [7, 11) is -3.93. The van der Waals surface area contributed by atoms with Gasteiger partial charge >= 0.3 is 8.80 Å². The first-order valence-corrected chi connectivity index (χ1v) is 9.51. The van der Waals surface area contributed by atoms with Gasteiger partial charge in [-0.15, -0.1) is 0 Å². The number of unbranched alkanes of at least 4 members (excludes halogenated alkanes) is 1. The van der Waals surface area contributed by atoms with Gasteiger partial charge < -0.3 is 18.9 Å². The van der Waals surface area contributed by atoms with Crippen LogP contribution in [0.1, 0.15) is 19.3 Å². The third-order valence-electron chi connectivity index (χ3n) is 2.69. The van der Waals surface area contributed by atoms with Gasteiger partial charge in [0.25, 0.3) is 10.1 Å². The Kier molecular flexibility index (Phi) is 6.93. The molecule has 0 aliphatic rings. The van der Waals surface area contributed by atoms with Crippen molar-refractivity contribution in [3.05, 3.63) is 0 Å². The van der Waals surface area contributed by atoms with E-state index in [1.807, 2.05) is 14.1 Å². The van der Waals surface area contributed by atoms with Crippen LogP contribution in [-0.4, -0.2) is 73.6 Å². The van der Waals surface area contributed by atoms with Crippen molar-refractivity contribution in [2.45, 2.75) is 25.3 Å². The van der Waals surface area contributed by atoms with Crippen LogP contribution in [0.15, 0.2) is 0 Å². The van der Waals surface area contributed by atoms with E-state index in [1.54, 1.807) is 0 Å². The van der Waals surface area contributed by atoms with Crippen LogP contribution in [0.4, 0.5) is 0 Å². The van der Waals surface area contributed by atoms with E-state index in [0.29, 0.717) is 30.3 Å². The lowest BCUT2D eigenvalue weighted by Gasteiger charge is -2.30. The van der Waals surface area contributed by atoms with Crippen LogP contribution in [0.3, 0.4) is 0 Å². The van der Waals surface area contributed by atoms with Crippen LogP contribution in [0.5, 0.6) is 0 Å². The highest BCUT2D eigenvalue weighted by Gasteiger charge is 2.27. The Labute approximate surface area is 109 Å². The fraction of sp³-hybridized carbons (Fsp3) is 1.00. The maximum absolute atomic E-state index is 10.5. The van der Waals surface area contributed by atoms with Gasteiger partial charge in [-0.25, -0.2) is 0 Å². The van der Waals surface area contributed by atoms with E-state index in [0.717, 1.165) is 6.54 Å². The van der Waals surface area contributed by atoms with Crippen LogP contribution in [0.25, 0.3) is 0 Å². The molecule has 4 N–H and O–H groups in total. The molecule has 0 aliphatic heterocycles. The minimum atomic E-state index is -3.94. The van der Waals surface area contributed by atoms with Gasteiger partial charge in [-0.1, -0.05) is 0 Å². The zero-order valence-corrected chi connectivity index (χ0v) is 12.7. The van der Waals surface area contributed by atoms with Crippen LogP contribution in [-0.2, 0) is 10.1 Å². The second-order valence-electron chi connectivity index (χ2n) is 5.25. The summed E-state index contributed by atoms with van der Waals surface area (Å²) >= 11 is 0. The van der Waals surface area contributed by atoms with E-state index in [1.165, 1.54) is 0 Å². The molecular weight excluding hydrogens is 278 g/mol. The molecule has 0 aromatic heterocycles. The standard InChI is InChI=1S/C9H23NO6SSi/c1-10(2,7-5-9-18(14,15)16)6-3-4-8-17(11,12)13/h14-16H,3-9H2,1-2H3/p+1. The number of rotatable bonds is 9. The second kappa shape index (κ2) is 6.94. The van der Waals surface area contributed by atoms with Crippen molar-refractivity contribution in [1.29, 1.82) is 0 Å². The zero-order chi connectivity index (χ0) is 14.4. The first-order chi connectivity index (χ1) is 7.91. The average Bonchev–Trinajstić information content (AvgIpc) is 2.08. The number of hydrogen-bond acceptors (Lipinski definition) is 5. The minimum Gasteiger partial charge on any atom is -0.390 e. The Hall–Kier alpha value is -0.0331. The Morgan fingerprint density at radius 1 is 1.00 bits per heavy atom. The molecule has 0 aromatic carbocycles. The zero-order valence-electron chi connectivity index (χ0n) is 10.9. The maximum atomic E-state index is 10.5. The molecule has 0 bridgehead atoms. The summed E-state index contributed by atoms with van der Waals surface area (Å²) < 4.78 is 30.2. The van der Waals surface area contributed by atoms with Gasteiger partial charge in [0.2, 0.25) is 0 Å². The summed E-state index contributed by atoms with van der Waals surface area (Å²) in [4.78, 5) is 26.6. The molecule has 0 radical (unpaired) electrons. The predicted molar refractivity (Wildman–Crippen MR) is 69.3 cm³/mol. The third kappa shape index (κ3) is 12.4. The lowest BCUT2D eigenvalue weighted by atomic mass is 10.3. The van der Waals surface area contributed by atoms with Gasteiger partial charge in [0, 0.05) is 12.5 Å². The average molecular weight is 302 g/mol. The first kappa shape index (κ1) is 18.0. The van der Waals surface area contributed by atoms with Crippen LogP contribution in [0.2, 0.25) is 6.04 Å². The molecule has 110 valence electrons. The van der Waals surface area contributed by atoms with Crippen LogP contribution >= 0.6 is 0 Å². The van der Waals surface area contributed by atoms with Crippen LogP contribution < -0.4 is 0 Å². The van der Waals surface area contributed by atoms with Crippen molar-refractivity contribution in [2.75, 3.05) is 32.9 Å². The molecule has 0 saturated heterocycles. The topological polar surface area (TPSA) is 115 Å². The Balaban J connectivity index is 3.80. The maximum Gasteiger partial charge on any atom is 0.492 e. The summed E-state index contributed by atoms with van der Waals surface area (Å²) in [5.41, 5.74) is 0. The second-order valence-corrected chi connectivity index (χ2v) is 8.87. The third-order valence-corrected chi connectivity index (χ3v) is 4.52. The Morgan fingerprint density at radius 2 is 1.50 bits per heavy atom. The molecule has 0 heterocycles. The molecule has 0 spiro atoms. The van der Waals surface area contributed by atoms with Crippen molar-refractivity contribution in [1.82, 2.24) is 0 Å². The van der Waals surface area contributed by atoms with Gasteiger partial charge in [0.15, 0.2) is 0 Å². The number of quaternary nitrogens is 1. The first-order valence-electron chi connectivity index (χ1n) is 5.86. The molecular formula is C9H24NO6SSi+. The summed E-state index contributed by atoms with van der Waals surface area (Å²) in [5.74, 6) is -0.229. The van der Waals surface area contributed by atoms with Crippen molar-refractivity contribution < 1.29 is 31.8 Å². The monoisotopic (exact) mass is 302 g/mol. The summed E-state index contributed by atoms with van der Waals surface area (Å²) in [6, 6.07) is 0.0136. The largest absolute Gasteiger partial charge is 0.492 e. The Bertz CT molecular complexity index is 337. The smallest absolute Gasteiger partial charge is 0.390 e. The molecule has 0 rings (SSSR count). The lowest BCUT2D eigenvalue weighted by Crippen LogP contribution is -2.43. The van der Waals surface area contributed by atoms with Gasteiger partial charge in [0.1, 0.15) is 0 Å². The van der Waals surface area contributed by atoms with Gasteiger partial charge in [-0.2, -0.15) is 8.42 Å². The number of nitrogens with zero attached hydrogens (tertiary/aromatic N) is 1. The molecule has 0 fully saturated rings. The van der Waals surface area contributed by atoms with E-state index in [2.05, 4.69) is 0 Å². The van der Waals surface area contributed by atoms with E-state index in [-0.39, 0.29) is 11.8 Å². The molecule has 0 aliphatic carbocycles. The van der Waals surface area contributed by atoms with Gasteiger partial charge in [0.05, 0.1) is 32.9 Å². The highest BCUT2D eigenvalue weighted by atomic mass is 32.2. The molecule has 18 heavy (non-hydrogen) atoms. The summed E-state index contributed by atoms with van der Waals surface area (Å²) in [5, 5.41) is 0. The fourth-order valence-corrected chi connectivity index (χ4v) is 2.88. The molecule has 0 aromatic rings. The highest BCUT2D eigenvalue weighted by Crippen LogP contribution is 2.08. The van der Waals surface area contributed by atoms with E-state index in [9.17, 15) is 8.42 Å². The van der Waals surface area contributed by atoms with E-state index < -0.39 is 18.9 Å². The van der Waals surface area contributed by atoms with Crippen molar-refractivity contribution >= 4 is 18.9 Å². The van der Waals surface area contributed by atoms with E-state index >= 15 is 0 Å². The normalized spacial score (nSPS) is 13.9. The fourth-order valence-electron chi connectivity index (χ4n) is 1.68. The quantitative estimate of drug-likeness (QED) is 0.189. The highest BCUT2D eigenvalue weighted by molar-refractivity contribution is 7.85. The van der Waals surface area contributed by atoms with Crippen molar-refractivity contribution in [3.8, 4) is 0 Å². The van der Waals surface area contributed by atoms with Gasteiger partial charge in [-0.05, 0) is 12.8 Å². The molecule has 0 saturated carbocycles. The van der Waals surface area contributed by atoms with Crippen molar-refractivity contribution in [2.24, 2.45) is 0 Å². The predicted octanol–water partition coefficient (Wildman–Crippen LogP) is -0.963. The lowest BCUT2D eigenvalue weighted by molar-refractivity contribution is -0.890. The summed E-state index contributed by atoms with van der Waals surface area (Å²) in [6.45, 7) is 1.40. The number of hydrogen-bond donors (Lipinski definition) is 4. The van der Waals surface area contributed by atoms with Gasteiger partial charge in [-0.3, -0.25) is 4.55 Å². The molecule has 7 nitrogen and oxygen atoms in total. The molecule has 0 atom stereocenters. The molecule has 0 amide bonds. The molecule has 0 unspecified atom stereocenters. The van der Waals surface area contributed by atoms with Crippen LogP contribution in [0, 0.1) is 0 Å². The van der Waals surface area contributed by atoms with Crippen molar-refractivity contribution in [3.63, 3.8) is 0 Å². The van der Waals surface area contributed by atoms with E-state index in [4.69, 9.17) is 18.9 Å². The minimum absolute atomic E-state index is 0.0136. The SMILES string of the molecule is C[N+](C)(CCCCS(=O)(=O)O)CCC[Si](O)(O)O. The Morgan fingerprint density at radius 3 is 1.94 bits per heavy atom. The molecule has 9 heteroatoms. The summed E-state index contributed by atoms with van der Waals surface area (Å²) in [6.07, 6.45) is 1.56.